The zero-order valence-electron chi connectivity index (χ0n) is 9.54. The first-order valence-corrected chi connectivity index (χ1v) is 5.97. The van der Waals surface area contributed by atoms with Gasteiger partial charge in [0.2, 0.25) is 0 Å². The molecule has 1 heterocycles. The Bertz CT molecular complexity index is 253. The molecular weight excluding hydrogens is 188 g/mol. The van der Waals surface area contributed by atoms with Crippen LogP contribution in [0.5, 0.6) is 0 Å². The summed E-state index contributed by atoms with van der Waals surface area (Å²) in [5.41, 5.74) is 0.173. The van der Waals surface area contributed by atoms with Crippen molar-refractivity contribution in [2.75, 3.05) is 20.2 Å². The van der Waals surface area contributed by atoms with Gasteiger partial charge in [0.1, 0.15) is 0 Å². The Hall–Kier alpha value is -0.590. The van der Waals surface area contributed by atoms with Crippen LogP contribution in [0.3, 0.4) is 0 Å². The fourth-order valence-corrected chi connectivity index (χ4v) is 2.99. The number of hydrogen-bond donors (Lipinski definition) is 0. The molecule has 2 fully saturated rings. The summed E-state index contributed by atoms with van der Waals surface area (Å²) in [6.45, 7) is 1.42. The summed E-state index contributed by atoms with van der Waals surface area (Å²) in [5.74, 6) is 0. The second-order valence-electron chi connectivity index (χ2n) is 4.96. The van der Waals surface area contributed by atoms with Gasteiger partial charge >= 0.3 is 0 Å². The van der Waals surface area contributed by atoms with E-state index in [0.29, 0.717) is 12.6 Å². The average Bonchev–Trinajstić information content (AvgIpc) is 2.67. The molecule has 1 saturated heterocycles. The average molecular weight is 208 g/mol. The van der Waals surface area contributed by atoms with Crippen LogP contribution in [0.25, 0.3) is 0 Å². The Labute approximate surface area is 92.0 Å². The summed E-state index contributed by atoms with van der Waals surface area (Å²) in [4.78, 5) is 2.18. The summed E-state index contributed by atoms with van der Waals surface area (Å²) >= 11 is 0. The van der Waals surface area contributed by atoms with Crippen LogP contribution in [-0.2, 0) is 4.74 Å². The van der Waals surface area contributed by atoms with E-state index < -0.39 is 0 Å². The second kappa shape index (κ2) is 4.51. The van der Waals surface area contributed by atoms with Gasteiger partial charge in [0.25, 0.3) is 0 Å². The molecule has 0 N–H and O–H groups in total. The Morgan fingerprint density at radius 1 is 1.47 bits per heavy atom. The summed E-state index contributed by atoms with van der Waals surface area (Å²) in [7, 11) is 2.06. The van der Waals surface area contributed by atoms with Gasteiger partial charge in [-0.2, -0.15) is 5.26 Å². The van der Waals surface area contributed by atoms with Crippen LogP contribution in [0.2, 0.25) is 0 Å². The Kier molecular flexibility index (Phi) is 3.28. The van der Waals surface area contributed by atoms with E-state index in [0.717, 1.165) is 19.4 Å². The molecule has 3 heteroatoms. The molecule has 1 aliphatic carbocycles. The zero-order valence-corrected chi connectivity index (χ0v) is 9.54. The summed E-state index contributed by atoms with van der Waals surface area (Å²) in [5, 5.41) is 8.70. The van der Waals surface area contributed by atoms with Crippen LogP contribution in [0.15, 0.2) is 0 Å². The Morgan fingerprint density at radius 3 is 2.87 bits per heavy atom. The minimum Gasteiger partial charge on any atom is -0.375 e. The fourth-order valence-electron chi connectivity index (χ4n) is 2.99. The topological polar surface area (TPSA) is 36.3 Å². The van der Waals surface area contributed by atoms with Gasteiger partial charge in [-0.1, -0.05) is 12.8 Å². The van der Waals surface area contributed by atoms with Gasteiger partial charge in [-0.05, 0) is 32.7 Å². The van der Waals surface area contributed by atoms with Crippen LogP contribution in [0, 0.1) is 11.3 Å². The first kappa shape index (κ1) is 10.9. The lowest BCUT2D eigenvalue weighted by Gasteiger charge is -2.41. The first-order chi connectivity index (χ1) is 7.26. The third kappa shape index (κ3) is 2.32. The SMILES string of the molecule is CN(CC#N)C1CCOC2(CCCC2)C1. The highest BCUT2D eigenvalue weighted by Crippen LogP contribution is 2.40. The lowest BCUT2D eigenvalue weighted by molar-refractivity contribution is -0.0975. The predicted molar refractivity (Wildman–Crippen MR) is 58.4 cm³/mol. The van der Waals surface area contributed by atoms with Gasteiger partial charge in [-0.3, -0.25) is 4.90 Å². The van der Waals surface area contributed by atoms with Crippen LogP contribution in [0.4, 0.5) is 0 Å². The zero-order chi connectivity index (χ0) is 10.7. The van der Waals surface area contributed by atoms with E-state index in [9.17, 15) is 0 Å². The molecule has 84 valence electrons. The molecule has 15 heavy (non-hydrogen) atoms. The van der Waals surface area contributed by atoms with Gasteiger partial charge in [0, 0.05) is 12.6 Å². The molecule has 1 aliphatic heterocycles. The smallest absolute Gasteiger partial charge is 0.0865 e. The van der Waals surface area contributed by atoms with E-state index in [-0.39, 0.29) is 5.60 Å². The number of rotatable bonds is 2. The lowest BCUT2D eigenvalue weighted by Crippen LogP contribution is -2.46. The molecule has 0 bridgehead atoms. The van der Waals surface area contributed by atoms with Crippen LogP contribution < -0.4 is 0 Å². The molecule has 0 aromatic rings. The van der Waals surface area contributed by atoms with Crippen molar-refractivity contribution in [1.82, 2.24) is 4.90 Å². The third-order valence-electron chi connectivity index (χ3n) is 3.93. The molecular formula is C12H20N2O. The van der Waals surface area contributed by atoms with E-state index in [2.05, 4.69) is 18.0 Å². The lowest BCUT2D eigenvalue weighted by atomic mass is 9.88. The van der Waals surface area contributed by atoms with Crippen molar-refractivity contribution in [3.8, 4) is 6.07 Å². The monoisotopic (exact) mass is 208 g/mol. The molecule has 1 unspecified atom stereocenters. The van der Waals surface area contributed by atoms with Gasteiger partial charge in [0.15, 0.2) is 0 Å². The van der Waals surface area contributed by atoms with Crippen LogP contribution in [0.1, 0.15) is 38.5 Å². The number of ether oxygens (including phenoxy) is 1. The largest absolute Gasteiger partial charge is 0.375 e. The number of nitriles is 1. The Balaban J connectivity index is 1.95. The fraction of sp³-hybridized carbons (Fsp3) is 0.917. The third-order valence-corrected chi connectivity index (χ3v) is 3.93. The van der Waals surface area contributed by atoms with E-state index in [1.54, 1.807) is 0 Å². The van der Waals surface area contributed by atoms with Crippen molar-refractivity contribution >= 4 is 0 Å². The molecule has 1 spiro atoms. The van der Waals surface area contributed by atoms with Gasteiger partial charge in [-0.25, -0.2) is 0 Å². The quantitative estimate of drug-likeness (QED) is 0.651. The summed E-state index contributed by atoms with van der Waals surface area (Å²) in [6, 6.07) is 2.78. The molecule has 0 aromatic carbocycles. The van der Waals surface area contributed by atoms with E-state index in [1.807, 2.05) is 0 Å². The minimum atomic E-state index is 0.173. The molecule has 1 atom stereocenters. The minimum absolute atomic E-state index is 0.173. The summed E-state index contributed by atoms with van der Waals surface area (Å²) in [6.07, 6.45) is 7.29. The second-order valence-corrected chi connectivity index (χ2v) is 4.96. The molecule has 1 saturated carbocycles. The molecule has 3 nitrogen and oxygen atoms in total. The summed E-state index contributed by atoms with van der Waals surface area (Å²) < 4.78 is 5.98. The van der Waals surface area contributed by atoms with E-state index >= 15 is 0 Å². The van der Waals surface area contributed by atoms with Crippen molar-refractivity contribution in [3.63, 3.8) is 0 Å². The maximum Gasteiger partial charge on any atom is 0.0865 e. The number of hydrogen-bond acceptors (Lipinski definition) is 3. The maximum atomic E-state index is 8.70. The van der Waals surface area contributed by atoms with Gasteiger partial charge in [0.05, 0.1) is 18.2 Å². The van der Waals surface area contributed by atoms with Gasteiger partial charge in [-0.15, -0.1) is 0 Å². The van der Waals surface area contributed by atoms with Crippen molar-refractivity contribution < 1.29 is 4.74 Å². The van der Waals surface area contributed by atoms with Crippen LogP contribution in [-0.4, -0.2) is 36.7 Å². The molecule has 2 rings (SSSR count). The van der Waals surface area contributed by atoms with Crippen molar-refractivity contribution in [3.05, 3.63) is 0 Å². The van der Waals surface area contributed by atoms with E-state index in [1.165, 1.54) is 25.7 Å². The first-order valence-electron chi connectivity index (χ1n) is 5.97. The molecule has 0 radical (unpaired) electrons. The highest BCUT2D eigenvalue weighted by Gasteiger charge is 2.40. The van der Waals surface area contributed by atoms with Crippen LogP contribution >= 0.6 is 0 Å². The van der Waals surface area contributed by atoms with Crippen molar-refractivity contribution in [2.24, 2.45) is 0 Å². The van der Waals surface area contributed by atoms with E-state index in [4.69, 9.17) is 10.00 Å². The highest BCUT2D eigenvalue weighted by molar-refractivity contribution is 4.94. The molecule has 0 amide bonds. The molecule has 2 aliphatic rings. The highest BCUT2D eigenvalue weighted by atomic mass is 16.5. The normalized spacial score (nSPS) is 29.5. The number of nitrogens with zero attached hydrogens (tertiary/aromatic N) is 2. The molecule has 0 aromatic heterocycles. The van der Waals surface area contributed by atoms with Crippen molar-refractivity contribution in [1.29, 1.82) is 5.26 Å². The van der Waals surface area contributed by atoms with Crippen molar-refractivity contribution in [2.45, 2.75) is 50.2 Å². The van der Waals surface area contributed by atoms with Gasteiger partial charge < -0.3 is 4.74 Å². The Morgan fingerprint density at radius 2 is 2.20 bits per heavy atom. The standard InChI is InChI=1S/C12H20N2O/c1-14(8-7-13)11-4-9-15-12(10-11)5-2-3-6-12/h11H,2-6,8-10H2,1H3. The predicted octanol–water partition coefficient (Wildman–Crippen LogP) is 1.93. The maximum absolute atomic E-state index is 8.70.